The number of nitrogen functional groups attached to an aromatic ring is 1. The first-order valence-electron chi connectivity index (χ1n) is 21.6. The van der Waals surface area contributed by atoms with Crippen LogP contribution in [0.4, 0.5) is 5.82 Å². The fourth-order valence-corrected chi connectivity index (χ4v) is 7.72. The number of H-pyrrole nitrogens is 3. The van der Waals surface area contributed by atoms with Crippen molar-refractivity contribution in [2.75, 3.05) is 32.2 Å². The van der Waals surface area contributed by atoms with Crippen molar-refractivity contribution in [2.45, 2.75) is 120 Å². The van der Waals surface area contributed by atoms with Crippen molar-refractivity contribution in [1.29, 1.82) is 0 Å². The first-order chi connectivity index (χ1) is 33.2. The molecule has 30 heteroatoms. The lowest BCUT2D eigenvalue weighted by molar-refractivity contribution is -0.0511. The number of aliphatic hydroxyl groups excluding tert-OH is 9. The van der Waals surface area contributed by atoms with E-state index >= 15 is 0 Å². The number of nitrogens with zero attached hydrogens (tertiary/aromatic N) is 7. The Morgan fingerprint density at radius 1 is 0.543 bits per heavy atom. The maximum Gasteiger partial charge on any atom is 0.330 e. The summed E-state index contributed by atoms with van der Waals surface area (Å²) in [5, 5.41) is 84.2. The zero-order chi connectivity index (χ0) is 51.3. The molecule has 14 N–H and O–H groups in total. The van der Waals surface area contributed by atoms with Crippen LogP contribution < -0.4 is 39.5 Å². The Balaban J connectivity index is 0.000000153. The van der Waals surface area contributed by atoms with E-state index in [1.54, 1.807) is 20.8 Å². The number of aromatic nitrogens is 10. The summed E-state index contributed by atoms with van der Waals surface area (Å²) in [5.41, 5.74) is 4.51. The molecule has 384 valence electrons. The van der Waals surface area contributed by atoms with Gasteiger partial charge in [-0.2, -0.15) is 0 Å². The highest BCUT2D eigenvalue weighted by Gasteiger charge is 2.44. The molecule has 4 aliphatic rings. The van der Waals surface area contributed by atoms with Crippen molar-refractivity contribution in [2.24, 2.45) is 0 Å². The number of imidazole rings is 1. The monoisotopic (exact) mass is 993 g/mol. The molecule has 0 amide bonds. The van der Waals surface area contributed by atoms with E-state index in [0.29, 0.717) is 27.9 Å². The van der Waals surface area contributed by atoms with Gasteiger partial charge in [0.2, 0.25) is 0 Å². The van der Waals surface area contributed by atoms with Crippen LogP contribution in [-0.4, -0.2) is 175 Å². The number of nitrogens with one attached hydrogen (secondary N) is 3. The summed E-state index contributed by atoms with van der Waals surface area (Å²) in [6.45, 7) is 3.40. The molecule has 0 bridgehead atoms. The standard InChI is InChI=1S/C10H13N5O4.3C10H14N2O5/c11-8-5-9(13-2-12-8)15(3-14-5)10-7(18)6(17)4(1-16)19-10;3*1-5-3-12(10(16)11-9(5)15)8-2-6(14)7(4-13)17-8/h2-4,6-7,10,16-18H,1H2,(H2,11,12,13);3*3,6-8,13-14H,2,4H2,1H3,(H,11,15,16)/t4-,6-,7-,10-;3*6-,7+,8+/m1000/s1. The maximum absolute atomic E-state index is 11.6. The third-order valence-electron chi connectivity index (χ3n) is 11.7. The van der Waals surface area contributed by atoms with Crippen LogP contribution in [0, 0.1) is 20.8 Å². The first kappa shape index (κ1) is 53.2. The number of ether oxygens (including phenoxy) is 4. The van der Waals surface area contributed by atoms with E-state index in [4.69, 9.17) is 45.1 Å². The highest BCUT2D eigenvalue weighted by Crippen LogP contribution is 2.32. The molecule has 5 aromatic rings. The fraction of sp³-hybridized carbons (Fsp3) is 0.575. The Labute approximate surface area is 392 Å². The fourth-order valence-electron chi connectivity index (χ4n) is 7.72. The molecule has 4 aliphatic heterocycles. The van der Waals surface area contributed by atoms with E-state index in [1.807, 2.05) is 0 Å². The molecule has 30 nitrogen and oxygen atoms in total. The van der Waals surface area contributed by atoms with Crippen molar-refractivity contribution in [3.63, 3.8) is 0 Å². The van der Waals surface area contributed by atoms with Crippen LogP contribution in [0.5, 0.6) is 0 Å². The normalized spacial score (nSPS) is 29.2. The third-order valence-corrected chi connectivity index (χ3v) is 11.7. The summed E-state index contributed by atoms with van der Waals surface area (Å²) in [5.74, 6) is 0.218. The van der Waals surface area contributed by atoms with Gasteiger partial charge in [-0.1, -0.05) is 0 Å². The minimum absolute atomic E-state index is 0.205. The molecule has 9 heterocycles. The average molecular weight is 994 g/mol. The molecule has 0 aromatic carbocycles. The second-order valence-corrected chi connectivity index (χ2v) is 16.6. The number of rotatable bonds is 8. The highest BCUT2D eigenvalue weighted by molar-refractivity contribution is 5.81. The molecule has 0 unspecified atom stereocenters. The molecule has 5 aromatic heterocycles. The lowest BCUT2D eigenvalue weighted by atomic mass is 10.1. The van der Waals surface area contributed by atoms with Crippen LogP contribution in [0.1, 0.15) is 60.9 Å². The number of nitrogens with two attached hydrogens (primary N) is 1. The summed E-state index contributed by atoms with van der Waals surface area (Å²) >= 11 is 0. The van der Waals surface area contributed by atoms with Gasteiger partial charge in [-0.25, -0.2) is 29.3 Å². The van der Waals surface area contributed by atoms with Crippen LogP contribution in [0.3, 0.4) is 0 Å². The summed E-state index contributed by atoms with van der Waals surface area (Å²) < 4.78 is 26.5. The smallest absolute Gasteiger partial charge is 0.330 e. The van der Waals surface area contributed by atoms with Crippen LogP contribution >= 0.6 is 0 Å². The second-order valence-electron chi connectivity index (χ2n) is 16.6. The highest BCUT2D eigenvalue weighted by atomic mass is 16.6. The summed E-state index contributed by atoms with van der Waals surface area (Å²) in [4.78, 5) is 86.6. The number of aliphatic hydroxyl groups is 9. The molecule has 70 heavy (non-hydrogen) atoms. The van der Waals surface area contributed by atoms with E-state index in [2.05, 4.69) is 29.9 Å². The van der Waals surface area contributed by atoms with E-state index in [1.165, 1.54) is 49.5 Å². The van der Waals surface area contributed by atoms with Gasteiger partial charge in [0.05, 0.1) is 51.1 Å². The van der Waals surface area contributed by atoms with Crippen LogP contribution in [-0.2, 0) is 18.9 Å². The number of hydrogen-bond donors (Lipinski definition) is 13. The van der Waals surface area contributed by atoms with E-state index in [0.717, 1.165) is 0 Å². The van der Waals surface area contributed by atoms with Gasteiger partial charge in [0, 0.05) is 54.5 Å². The van der Waals surface area contributed by atoms with Gasteiger partial charge in [-0.3, -0.25) is 47.6 Å². The van der Waals surface area contributed by atoms with Crippen LogP contribution in [0.25, 0.3) is 11.2 Å². The molecule has 0 saturated carbocycles. The van der Waals surface area contributed by atoms with Crippen LogP contribution in [0.2, 0.25) is 0 Å². The third kappa shape index (κ3) is 11.6. The Bertz CT molecular complexity index is 2720. The molecule has 0 spiro atoms. The molecule has 4 fully saturated rings. The number of aromatic amines is 3. The van der Waals surface area contributed by atoms with Crippen molar-refractivity contribution < 1.29 is 64.9 Å². The van der Waals surface area contributed by atoms with Gasteiger partial charge in [0.25, 0.3) is 16.7 Å². The van der Waals surface area contributed by atoms with Gasteiger partial charge in [-0.05, 0) is 20.8 Å². The Morgan fingerprint density at radius 2 is 0.914 bits per heavy atom. The van der Waals surface area contributed by atoms with Gasteiger partial charge < -0.3 is 70.6 Å². The minimum Gasteiger partial charge on any atom is -0.394 e. The summed E-state index contributed by atoms with van der Waals surface area (Å²) in [6.07, 6.45) is -3.16. The van der Waals surface area contributed by atoms with Gasteiger partial charge in [0.1, 0.15) is 67.2 Å². The number of fused-ring (bicyclic) bond motifs is 1. The molecule has 0 radical (unpaired) electrons. The van der Waals surface area contributed by atoms with Gasteiger partial charge >= 0.3 is 17.1 Å². The van der Waals surface area contributed by atoms with Crippen molar-refractivity contribution in [3.05, 3.63) is 110 Å². The predicted molar refractivity (Wildman–Crippen MR) is 236 cm³/mol. The Kier molecular flexibility index (Phi) is 17.3. The SMILES string of the molecule is Cc1cn([C@H]2C[C@H](O)[C@@H](CO)O2)c(=O)[nH]c1=O.Cc1cn([C@H]2C[C@H](O)[C@@H](CO)O2)c(=O)[nH]c1=O.Cc1cn([C@H]2C[C@H](O)[C@@H](CO)O2)c(=O)[nH]c1=O.Nc1ncnc2c1ncn2[C@@H]1O[C@H](CO)[C@@H](O)[C@H]1O. The first-order valence-corrected chi connectivity index (χ1v) is 21.6. The Morgan fingerprint density at radius 3 is 1.24 bits per heavy atom. The van der Waals surface area contributed by atoms with E-state index in [-0.39, 0.29) is 44.9 Å². The molecular formula is C40H55N11O19. The number of hydrogen-bond acceptors (Lipinski definition) is 23. The lowest BCUT2D eigenvalue weighted by Gasteiger charge is -2.16. The zero-order valence-corrected chi connectivity index (χ0v) is 37.7. The van der Waals surface area contributed by atoms with Crippen LogP contribution in [0.15, 0.2) is 60.0 Å². The van der Waals surface area contributed by atoms with Crippen molar-refractivity contribution in [1.82, 2.24) is 48.2 Å². The quantitative estimate of drug-likeness (QED) is 0.0687. The molecule has 0 aliphatic carbocycles. The minimum atomic E-state index is -1.19. The lowest BCUT2D eigenvalue weighted by Crippen LogP contribution is -2.33. The van der Waals surface area contributed by atoms with Gasteiger partial charge in [-0.15, -0.1) is 0 Å². The van der Waals surface area contributed by atoms with Crippen molar-refractivity contribution in [3.8, 4) is 0 Å². The second kappa shape index (κ2) is 22.7. The van der Waals surface area contributed by atoms with Gasteiger partial charge in [0.15, 0.2) is 17.7 Å². The maximum atomic E-state index is 11.6. The zero-order valence-electron chi connectivity index (χ0n) is 37.7. The number of anilines is 1. The molecule has 9 rings (SSSR count). The Hall–Kier alpha value is -6.13. The molecular weight excluding hydrogens is 938 g/mol. The molecule has 13 atom stereocenters. The molecule has 4 saturated heterocycles. The predicted octanol–water partition coefficient (Wildman–Crippen LogP) is -6.52. The van der Waals surface area contributed by atoms with E-state index in [9.17, 15) is 54.3 Å². The number of aryl methyl sites for hydroxylation is 3. The topological polar surface area (TPSA) is 453 Å². The average Bonchev–Trinajstić information content (AvgIpc) is 4.16. The summed E-state index contributed by atoms with van der Waals surface area (Å²) in [6, 6.07) is 0. The summed E-state index contributed by atoms with van der Waals surface area (Å²) in [7, 11) is 0. The van der Waals surface area contributed by atoms with E-state index < -0.39 is 120 Å². The van der Waals surface area contributed by atoms with Crippen molar-refractivity contribution >= 4 is 17.0 Å². The largest absolute Gasteiger partial charge is 0.394 e.